The zero-order valence-corrected chi connectivity index (χ0v) is 13.4. The Morgan fingerprint density at radius 2 is 1.87 bits per heavy atom. The Balaban J connectivity index is 1.63. The summed E-state index contributed by atoms with van der Waals surface area (Å²) < 4.78 is 4.70. The van der Waals surface area contributed by atoms with Gasteiger partial charge in [-0.05, 0) is 11.6 Å². The molecule has 0 aliphatic carbocycles. The van der Waals surface area contributed by atoms with Gasteiger partial charge in [-0.3, -0.25) is 9.69 Å². The lowest BCUT2D eigenvalue weighted by molar-refractivity contribution is -0.116. The third kappa shape index (κ3) is 5.75. The Morgan fingerprint density at radius 3 is 2.52 bits per heavy atom. The van der Waals surface area contributed by atoms with Crippen LogP contribution in [0.2, 0.25) is 0 Å². The standard InChI is InChI=1S/C17H23N3O3/c1-23-17(22)20-13-11-19(12-14-20)10-9-18-16(21)8-7-15-5-3-2-4-6-15/h2-8H,9-14H2,1H3,(H,18,21)/b8-7+. The molecule has 0 bridgehead atoms. The molecule has 0 unspecified atom stereocenters. The van der Waals surface area contributed by atoms with Gasteiger partial charge in [-0.15, -0.1) is 0 Å². The number of amides is 2. The Morgan fingerprint density at radius 1 is 1.17 bits per heavy atom. The number of nitrogens with one attached hydrogen (secondary N) is 1. The molecule has 1 aromatic rings. The van der Waals surface area contributed by atoms with Gasteiger partial charge in [-0.2, -0.15) is 0 Å². The van der Waals surface area contributed by atoms with E-state index in [1.165, 1.54) is 7.11 Å². The zero-order valence-electron chi connectivity index (χ0n) is 13.4. The minimum absolute atomic E-state index is 0.0953. The first kappa shape index (κ1) is 17.0. The second-order valence-corrected chi connectivity index (χ2v) is 5.33. The van der Waals surface area contributed by atoms with Crippen LogP contribution in [-0.2, 0) is 9.53 Å². The summed E-state index contributed by atoms with van der Waals surface area (Å²) >= 11 is 0. The molecule has 23 heavy (non-hydrogen) atoms. The summed E-state index contributed by atoms with van der Waals surface area (Å²) in [6.45, 7) is 4.29. The van der Waals surface area contributed by atoms with E-state index >= 15 is 0 Å². The van der Waals surface area contributed by atoms with E-state index in [1.807, 2.05) is 30.3 Å². The van der Waals surface area contributed by atoms with Gasteiger partial charge in [0.2, 0.25) is 5.91 Å². The molecule has 6 nitrogen and oxygen atoms in total. The lowest BCUT2D eigenvalue weighted by Gasteiger charge is -2.33. The summed E-state index contributed by atoms with van der Waals surface area (Å²) in [5.74, 6) is -0.0953. The van der Waals surface area contributed by atoms with Gasteiger partial charge in [0.1, 0.15) is 0 Å². The number of carbonyl (C=O) groups excluding carboxylic acids is 2. The summed E-state index contributed by atoms with van der Waals surface area (Å²) in [5.41, 5.74) is 1.00. The topological polar surface area (TPSA) is 61.9 Å². The van der Waals surface area contributed by atoms with Crippen LogP contribution in [0.5, 0.6) is 0 Å². The Kier molecular flexibility index (Phi) is 6.62. The van der Waals surface area contributed by atoms with Crippen molar-refractivity contribution in [2.75, 3.05) is 46.4 Å². The third-order valence-corrected chi connectivity index (χ3v) is 3.76. The minimum Gasteiger partial charge on any atom is -0.453 e. The zero-order chi connectivity index (χ0) is 16.5. The maximum absolute atomic E-state index is 11.8. The highest BCUT2D eigenvalue weighted by Gasteiger charge is 2.20. The molecule has 0 aromatic heterocycles. The number of hydrogen-bond donors (Lipinski definition) is 1. The summed E-state index contributed by atoms with van der Waals surface area (Å²) in [4.78, 5) is 27.1. The van der Waals surface area contributed by atoms with E-state index in [1.54, 1.807) is 17.1 Å². The molecule has 2 amide bonds. The van der Waals surface area contributed by atoms with Gasteiger partial charge in [0.05, 0.1) is 7.11 Å². The molecule has 0 saturated carbocycles. The normalized spacial score (nSPS) is 15.6. The van der Waals surface area contributed by atoms with Crippen LogP contribution in [0.4, 0.5) is 4.79 Å². The van der Waals surface area contributed by atoms with Crippen LogP contribution in [0.3, 0.4) is 0 Å². The fraction of sp³-hybridized carbons (Fsp3) is 0.412. The second-order valence-electron chi connectivity index (χ2n) is 5.33. The highest BCUT2D eigenvalue weighted by molar-refractivity contribution is 5.91. The number of nitrogens with zero attached hydrogens (tertiary/aromatic N) is 2. The molecular formula is C17H23N3O3. The Hall–Kier alpha value is -2.34. The molecule has 6 heteroatoms. The van der Waals surface area contributed by atoms with Gasteiger partial charge in [-0.25, -0.2) is 4.79 Å². The maximum atomic E-state index is 11.8. The molecule has 0 radical (unpaired) electrons. The number of rotatable bonds is 5. The van der Waals surface area contributed by atoms with E-state index in [4.69, 9.17) is 4.74 Å². The average molecular weight is 317 g/mol. The third-order valence-electron chi connectivity index (χ3n) is 3.76. The van der Waals surface area contributed by atoms with Crippen molar-refractivity contribution in [2.45, 2.75) is 0 Å². The Bertz CT molecular complexity index is 537. The molecule has 1 aliphatic rings. The van der Waals surface area contributed by atoms with Gasteiger partial charge < -0.3 is 15.0 Å². The first-order chi connectivity index (χ1) is 11.2. The second kappa shape index (κ2) is 8.95. The van der Waals surface area contributed by atoms with Gasteiger partial charge in [0.25, 0.3) is 0 Å². The predicted molar refractivity (Wildman–Crippen MR) is 88.9 cm³/mol. The van der Waals surface area contributed by atoms with E-state index in [0.717, 1.165) is 25.2 Å². The van der Waals surface area contributed by atoms with Crippen molar-refractivity contribution >= 4 is 18.1 Å². The van der Waals surface area contributed by atoms with Crippen LogP contribution in [0.15, 0.2) is 36.4 Å². The van der Waals surface area contributed by atoms with E-state index < -0.39 is 0 Å². The summed E-state index contributed by atoms with van der Waals surface area (Å²) in [6.07, 6.45) is 3.07. The highest BCUT2D eigenvalue weighted by Crippen LogP contribution is 2.03. The monoisotopic (exact) mass is 317 g/mol. The quantitative estimate of drug-likeness (QED) is 0.829. The van der Waals surface area contributed by atoms with Gasteiger partial charge in [0, 0.05) is 45.3 Å². The van der Waals surface area contributed by atoms with Crippen molar-refractivity contribution in [1.82, 2.24) is 15.1 Å². The number of piperazine rings is 1. The van der Waals surface area contributed by atoms with E-state index in [0.29, 0.717) is 19.6 Å². The number of ether oxygens (including phenoxy) is 1. The SMILES string of the molecule is COC(=O)N1CCN(CCNC(=O)/C=C/c2ccccc2)CC1. The Labute approximate surface area is 136 Å². The number of hydrogen-bond acceptors (Lipinski definition) is 4. The van der Waals surface area contributed by atoms with Crippen molar-refractivity contribution in [3.63, 3.8) is 0 Å². The molecule has 2 rings (SSSR count). The lowest BCUT2D eigenvalue weighted by atomic mass is 10.2. The van der Waals surface area contributed by atoms with E-state index in [9.17, 15) is 9.59 Å². The molecule has 0 atom stereocenters. The first-order valence-corrected chi connectivity index (χ1v) is 7.75. The summed E-state index contributed by atoms with van der Waals surface area (Å²) in [6, 6.07) is 9.71. The van der Waals surface area contributed by atoms with Crippen molar-refractivity contribution in [1.29, 1.82) is 0 Å². The van der Waals surface area contributed by atoms with Gasteiger partial charge in [0.15, 0.2) is 0 Å². The largest absolute Gasteiger partial charge is 0.453 e. The molecule has 1 aliphatic heterocycles. The maximum Gasteiger partial charge on any atom is 0.409 e. The van der Waals surface area contributed by atoms with E-state index in [2.05, 4.69) is 10.2 Å². The smallest absolute Gasteiger partial charge is 0.409 e. The predicted octanol–water partition coefficient (Wildman–Crippen LogP) is 1.20. The highest BCUT2D eigenvalue weighted by atomic mass is 16.5. The van der Waals surface area contributed by atoms with Crippen LogP contribution < -0.4 is 5.32 Å². The molecule has 1 heterocycles. The van der Waals surface area contributed by atoms with Crippen LogP contribution in [-0.4, -0.2) is 68.2 Å². The summed E-state index contributed by atoms with van der Waals surface area (Å²) in [7, 11) is 1.40. The molecule has 0 spiro atoms. The van der Waals surface area contributed by atoms with E-state index in [-0.39, 0.29) is 12.0 Å². The number of carbonyl (C=O) groups is 2. The molecule has 1 fully saturated rings. The van der Waals surface area contributed by atoms with Gasteiger partial charge >= 0.3 is 6.09 Å². The van der Waals surface area contributed by atoms with Gasteiger partial charge in [-0.1, -0.05) is 30.3 Å². The molecule has 1 aromatic carbocycles. The number of methoxy groups -OCH3 is 1. The van der Waals surface area contributed by atoms with Crippen LogP contribution in [0, 0.1) is 0 Å². The first-order valence-electron chi connectivity index (χ1n) is 7.75. The number of benzene rings is 1. The average Bonchev–Trinajstić information content (AvgIpc) is 2.61. The van der Waals surface area contributed by atoms with Crippen molar-refractivity contribution in [2.24, 2.45) is 0 Å². The lowest BCUT2D eigenvalue weighted by Crippen LogP contribution is -2.50. The molecule has 124 valence electrons. The molecule has 1 N–H and O–H groups in total. The van der Waals surface area contributed by atoms with Crippen molar-refractivity contribution < 1.29 is 14.3 Å². The van der Waals surface area contributed by atoms with Crippen molar-refractivity contribution in [3.8, 4) is 0 Å². The van der Waals surface area contributed by atoms with Crippen LogP contribution in [0.25, 0.3) is 6.08 Å². The van der Waals surface area contributed by atoms with Crippen LogP contribution >= 0.6 is 0 Å². The molecular weight excluding hydrogens is 294 g/mol. The summed E-state index contributed by atoms with van der Waals surface area (Å²) in [5, 5.41) is 2.87. The van der Waals surface area contributed by atoms with Crippen LogP contribution in [0.1, 0.15) is 5.56 Å². The van der Waals surface area contributed by atoms with Crippen molar-refractivity contribution in [3.05, 3.63) is 42.0 Å². The fourth-order valence-electron chi connectivity index (χ4n) is 2.42. The fourth-order valence-corrected chi connectivity index (χ4v) is 2.42. The minimum atomic E-state index is -0.274. The molecule has 1 saturated heterocycles.